The Labute approximate surface area is 105 Å². The SMILES string of the molecule is CCc1nn(C)c(CNCCC(C)O)c1Br. The molecule has 4 nitrogen and oxygen atoms in total. The minimum atomic E-state index is -0.242. The van der Waals surface area contributed by atoms with Crippen LogP contribution in [-0.2, 0) is 20.0 Å². The molecule has 0 amide bonds. The Balaban J connectivity index is 2.50. The maximum absolute atomic E-state index is 9.13. The van der Waals surface area contributed by atoms with E-state index < -0.39 is 0 Å². The van der Waals surface area contributed by atoms with Gasteiger partial charge in [0.15, 0.2) is 0 Å². The van der Waals surface area contributed by atoms with E-state index in [1.165, 1.54) is 0 Å². The van der Waals surface area contributed by atoms with E-state index in [0.717, 1.165) is 41.8 Å². The fourth-order valence-corrected chi connectivity index (χ4v) is 2.29. The van der Waals surface area contributed by atoms with E-state index in [9.17, 15) is 0 Å². The molecule has 0 bridgehead atoms. The Morgan fingerprint density at radius 2 is 2.25 bits per heavy atom. The summed E-state index contributed by atoms with van der Waals surface area (Å²) in [5.74, 6) is 0. The lowest BCUT2D eigenvalue weighted by Gasteiger charge is -2.07. The quantitative estimate of drug-likeness (QED) is 0.783. The second-order valence-electron chi connectivity index (χ2n) is 4.00. The van der Waals surface area contributed by atoms with Crippen LogP contribution in [0.4, 0.5) is 0 Å². The lowest BCUT2D eigenvalue weighted by Crippen LogP contribution is -2.20. The molecule has 0 spiro atoms. The highest BCUT2D eigenvalue weighted by atomic mass is 79.9. The third kappa shape index (κ3) is 3.57. The van der Waals surface area contributed by atoms with Crippen molar-refractivity contribution in [3.05, 3.63) is 15.9 Å². The van der Waals surface area contributed by atoms with Crippen LogP contribution in [0.3, 0.4) is 0 Å². The number of aryl methyl sites for hydroxylation is 2. The summed E-state index contributed by atoms with van der Waals surface area (Å²) in [6, 6.07) is 0. The van der Waals surface area contributed by atoms with E-state index in [1.807, 2.05) is 11.7 Å². The summed E-state index contributed by atoms with van der Waals surface area (Å²) >= 11 is 3.57. The average Bonchev–Trinajstić information content (AvgIpc) is 2.50. The number of hydrogen-bond donors (Lipinski definition) is 2. The Morgan fingerprint density at radius 3 is 2.75 bits per heavy atom. The topological polar surface area (TPSA) is 50.1 Å². The van der Waals surface area contributed by atoms with Gasteiger partial charge in [-0.3, -0.25) is 4.68 Å². The van der Waals surface area contributed by atoms with Crippen LogP contribution < -0.4 is 5.32 Å². The van der Waals surface area contributed by atoms with Gasteiger partial charge < -0.3 is 10.4 Å². The molecule has 0 saturated heterocycles. The van der Waals surface area contributed by atoms with Crippen LogP contribution in [0.5, 0.6) is 0 Å². The number of aliphatic hydroxyl groups excluding tert-OH is 1. The molecule has 0 radical (unpaired) electrons. The molecule has 16 heavy (non-hydrogen) atoms. The maximum atomic E-state index is 9.13. The summed E-state index contributed by atoms with van der Waals surface area (Å²) in [6.07, 6.45) is 1.46. The number of halogens is 1. The van der Waals surface area contributed by atoms with E-state index in [-0.39, 0.29) is 6.10 Å². The van der Waals surface area contributed by atoms with Gasteiger partial charge in [-0.15, -0.1) is 0 Å². The molecule has 1 aromatic heterocycles. The van der Waals surface area contributed by atoms with Crippen LogP contribution in [-0.4, -0.2) is 27.5 Å². The molecule has 1 aromatic rings. The van der Waals surface area contributed by atoms with Gasteiger partial charge in [-0.2, -0.15) is 5.10 Å². The largest absolute Gasteiger partial charge is 0.393 e. The molecule has 0 aliphatic heterocycles. The van der Waals surface area contributed by atoms with Crippen molar-refractivity contribution in [2.45, 2.75) is 39.3 Å². The first-order valence-electron chi connectivity index (χ1n) is 5.65. The lowest BCUT2D eigenvalue weighted by atomic mass is 10.2. The van der Waals surface area contributed by atoms with Crippen LogP contribution in [0.1, 0.15) is 31.7 Å². The lowest BCUT2D eigenvalue weighted by molar-refractivity contribution is 0.183. The zero-order valence-electron chi connectivity index (χ0n) is 10.1. The second-order valence-corrected chi connectivity index (χ2v) is 4.79. The minimum absolute atomic E-state index is 0.242. The molecule has 2 N–H and O–H groups in total. The second kappa shape index (κ2) is 6.37. The molecule has 0 aliphatic rings. The highest BCUT2D eigenvalue weighted by Gasteiger charge is 2.11. The van der Waals surface area contributed by atoms with Gasteiger partial charge in [0.1, 0.15) is 0 Å². The number of nitrogens with one attached hydrogen (secondary N) is 1. The first-order chi connectivity index (χ1) is 7.56. The van der Waals surface area contributed by atoms with Gasteiger partial charge >= 0.3 is 0 Å². The van der Waals surface area contributed by atoms with E-state index in [0.29, 0.717) is 0 Å². The van der Waals surface area contributed by atoms with E-state index in [4.69, 9.17) is 5.11 Å². The molecular formula is C11H20BrN3O. The fourth-order valence-electron chi connectivity index (χ4n) is 1.53. The molecule has 0 aromatic carbocycles. The van der Waals surface area contributed by atoms with Gasteiger partial charge in [0.25, 0.3) is 0 Å². The first-order valence-corrected chi connectivity index (χ1v) is 6.44. The van der Waals surface area contributed by atoms with E-state index in [1.54, 1.807) is 6.92 Å². The standard InChI is InChI=1S/C11H20BrN3O/c1-4-9-11(12)10(15(3)14-9)7-13-6-5-8(2)16/h8,13,16H,4-7H2,1-3H3. The van der Waals surface area contributed by atoms with Crippen LogP contribution in [0.25, 0.3) is 0 Å². The summed E-state index contributed by atoms with van der Waals surface area (Å²) in [7, 11) is 1.95. The number of hydrogen-bond acceptors (Lipinski definition) is 3. The van der Waals surface area contributed by atoms with Crippen LogP contribution in [0, 0.1) is 0 Å². The van der Waals surface area contributed by atoms with Gasteiger partial charge in [0.2, 0.25) is 0 Å². The number of aliphatic hydroxyl groups is 1. The van der Waals surface area contributed by atoms with Gasteiger partial charge in [0.05, 0.1) is 22.0 Å². The van der Waals surface area contributed by atoms with E-state index >= 15 is 0 Å². The number of nitrogens with zero attached hydrogens (tertiary/aromatic N) is 2. The molecule has 1 atom stereocenters. The van der Waals surface area contributed by atoms with Gasteiger partial charge in [-0.1, -0.05) is 6.92 Å². The fraction of sp³-hybridized carbons (Fsp3) is 0.727. The third-order valence-corrected chi connectivity index (χ3v) is 3.45. The average molecular weight is 290 g/mol. The molecule has 0 saturated carbocycles. The molecule has 1 rings (SSSR count). The van der Waals surface area contributed by atoms with Crippen molar-refractivity contribution in [2.75, 3.05) is 6.54 Å². The monoisotopic (exact) mass is 289 g/mol. The maximum Gasteiger partial charge on any atom is 0.0767 e. The molecule has 0 aliphatic carbocycles. The van der Waals surface area contributed by atoms with Gasteiger partial charge in [-0.25, -0.2) is 0 Å². The molecule has 1 heterocycles. The van der Waals surface area contributed by atoms with Crippen molar-refractivity contribution < 1.29 is 5.11 Å². The first kappa shape index (κ1) is 13.7. The third-order valence-electron chi connectivity index (χ3n) is 2.53. The summed E-state index contributed by atoms with van der Waals surface area (Å²) in [6.45, 7) is 5.49. The van der Waals surface area contributed by atoms with Crippen molar-refractivity contribution >= 4 is 15.9 Å². The summed E-state index contributed by atoms with van der Waals surface area (Å²) < 4.78 is 3.00. The Hall–Kier alpha value is -0.390. The van der Waals surface area contributed by atoms with Crippen LogP contribution in [0.15, 0.2) is 4.47 Å². The smallest absolute Gasteiger partial charge is 0.0767 e. The summed E-state index contributed by atoms with van der Waals surface area (Å²) in [4.78, 5) is 0. The van der Waals surface area contributed by atoms with Gasteiger partial charge in [0, 0.05) is 13.6 Å². The minimum Gasteiger partial charge on any atom is -0.393 e. The van der Waals surface area contributed by atoms with E-state index in [2.05, 4.69) is 33.3 Å². The molecular weight excluding hydrogens is 270 g/mol. The van der Waals surface area contributed by atoms with Crippen molar-refractivity contribution in [1.82, 2.24) is 15.1 Å². The highest BCUT2D eigenvalue weighted by molar-refractivity contribution is 9.10. The number of rotatable bonds is 6. The van der Waals surface area contributed by atoms with Crippen molar-refractivity contribution in [3.63, 3.8) is 0 Å². The van der Waals surface area contributed by atoms with Crippen LogP contribution in [0.2, 0.25) is 0 Å². The summed E-state index contributed by atoms with van der Waals surface area (Å²) in [5.41, 5.74) is 2.25. The zero-order valence-corrected chi connectivity index (χ0v) is 11.7. The predicted octanol–water partition coefficient (Wildman–Crippen LogP) is 1.61. The molecule has 1 unspecified atom stereocenters. The zero-order chi connectivity index (χ0) is 12.1. The van der Waals surface area contributed by atoms with Crippen molar-refractivity contribution in [2.24, 2.45) is 7.05 Å². The highest BCUT2D eigenvalue weighted by Crippen LogP contribution is 2.21. The number of aromatic nitrogens is 2. The molecule has 0 fully saturated rings. The summed E-state index contributed by atoms with van der Waals surface area (Å²) in [5, 5.41) is 16.9. The van der Waals surface area contributed by atoms with Crippen LogP contribution >= 0.6 is 15.9 Å². The molecule has 92 valence electrons. The van der Waals surface area contributed by atoms with Gasteiger partial charge in [-0.05, 0) is 42.2 Å². The normalized spacial score (nSPS) is 13.1. The Kier molecular flexibility index (Phi) is 5.44. The van der Waals surface area contributed by atoms with Crippen molar-refractivity contribution in [1.29, 1.82) is 0 Å². The molecule has 5 heteroatoms. The Morgan fingerprint density at radius 1 is 1.56 bits per heavy atom. The Bertz CT molecular complexity index is 336. The predicted molar refractivity (Wildman–Crippen MR) is 68.3 cm³/mol. The van der Waals surface area contributed by atoms with Crippen molar-refractivity contribution in [3.8, 4) is 0 Å².